The van der Waals surface area contributed by atoms with Gasteiger partial charge in [0.15, 0.2) is 16.9 Å². The second-order valence-electron chi connectivity index (χ2n) is 9.91. The summed E-state index contributed by atoms with van der Waals surface area (Å²) >= 11 is 0. The van der Waals surface area contributed by atoms with E-state index in [-0.39, 0.29) is 41.1 Å². The number of carbonyl (C=O) groups is 2. The number of ketones is 1. The highest BCUT2D eigenvalue weighted by atomic mass is 16.2. The van der Waals surface area contributed by atoms with Crippen LogP contribution in [0.3, 0.4) is 0 Å². The van der Waals surface area contributed by atoms with Crippen molar-refractivity contribution >= 4 is 34.5 Å². The third-order valence-electron chi connectivity index (χ3n) is 7.10. The van der Waals surface area contributed by atoms with Crippen LogP contribution in [0.25, 0.3) is 11.2 Å². The summed E-state index contributed by atoms with van der Waals surface area (Å²) in [6, 6.07) is 6.60. The van der Waals surface area contributed by atoms with Gasteiger partial charge in [-0.3, -0.25) is 28.1 Å². The lowest BCUT2D eigenvalue weighted by Crippen LogP contribution is -2.44. The van der Waals surface area contributed by atoms with Gasteiger partial charge in [0, 0.05) is 37.7 Å². The maximum absolute atomic E-state index is 13.7. The molecular formula is C27H31N7O4. The Morgan fingerprint density at radius 3 is 2.63 bits per heavy atom. The van der Waals surface area contributed by atoms with Gasteiger partial charge in [-0.1, -0.05) is 18.1 Å². The van der Waals surface area contributed by atoms with Crippen LogP contribution >= 0.6 is 0 Å². The van der Waals surface area contributed by atoms with E-state index in [0.717, 1.165) is 36.8 Å². The average Bonchev–Trinajstić information content (AvgIpc) is 3.69. The van der Waals surface area contributed by atoms with Crippen molar-refractivity contribution in [3.63, 3.8) is 0 Å². The molecule has 5 rings (SSSR count). The molecular weight excluding hydrogens is 486 g/mol. The normalized spacial score (nSPS) is 17.2. The minimum atomic E-state index is -0.650. The van der Waals surface area contributed by atoms with Gasteiger partial charge in [-0.05, 0) is 44.7 Å². The SMILES string of the molecule is CC#CCn1c(N2CCCC(N)C2)nc2c1c(=O)n(CC(=O)c1ccccc1NC(=O)C1CC1)c(=O)n2C. The van der Waals surface area contributed by atoms with Crippen LogP contribution in [0, 0.1) is 17.8 Å². The summed E-state index contributed by atoms with van der Waals surface area (Å²) in [7, 11) is 1.53. The summed E-state index contributed by atoms with van der Waals surface area (Å²) in [5, 5.41) is 2.81. The number of nitrogens with one attached hydrogen (secondary N) is 1. The van der Waals surface area contributed by atoms with E-state index in [4.69, 9.17) is 5.73 Å². The van der Waals surface area contributed by atoms with E-state index < -0.39 is 23.6 Å². The number of amides is 1. The molecule has 2 fully saturated rings. The second kappa shape index (κ2) is 10.3. The van der Waals surface area contributed by atoms with Gasteiger partial charge in [-0.25, -0.2) is 4.79 Å². The molecule has 1 aliphatic carbocycles. The standard InChI is InChI=1S/C27H31N7O4/c1-3-4-14-33-22-23(30-26(33)32-13-7-8-18(28)15-32)31(2)27(38)34(25(22)37)16-21(35)19-9-5-6-10-20(19)29-24(36)17-11-12-17/h5-6,9-10,17-18H,7-8,11-16,28H2,1-2H3,(H,29,36). The Labute approximate surface area is 219 Å². The Morgan fingerprint density at radius 2 is 1.92 bits per heavy atom. The van der Waals surface area contributed by atoms with Crippen molar-refractivity contribution in [2.45, 2.75) is 51.7 Å². The van der Waals surface area contributed by atoms with E-state index in [9.17, 15) is 19.2 Å². The van der Waals surface area contributed by atoms with Gasteiger partial charge < -0.3 is 16.0 Å². The Kier molecular flexibility index (Phi) is 6.91. The van der Waals surface area contributed by atoms with Crippen molar-refractivity contribution in [3.05, 3.63) is 50.7 Å². The molecule has 0 spiro atoms. The van der Waals surface area contributed by atoms with Crippen LogP contribution in [-0.2, 0) is 24.9 Å². The molecule has 1 aliphatic heterocycles. The largest absolute Gasteiger partial charge is 0.341 e. The first-order valence-electron chi connectivity index (χ1n) is 12.8. The van der Waals surface area contributed by atoms with Crippen LogP contribution in [-0.4, -0.2) is 49.5 Å². The summed E-state index contributed by atoms with van der Waals surface area (Å²) < 4.78 is 3.91. The lowest BCUT2D eigenvalue weighted by atomic mass is 10.1. The van der Waals surface area contributed by atoms with Gasteiger partial charge in [0.2, 0.25) is 11.9 Å². The fourth-order valence-corrected chi connectivity index (χ4v) is 4.88. The Hall–Kier alpha value is -4.17. The highest BCUT2D eigenvalue weighted by Gasteiger charge is 2.31. The second-order valence-corrected chi connectivity index (χ2v) is 9.91. The van der Waals surface area contributed by atoms with Gasteiger partial charge in [0.25, 0.3) is 5.56 Å². The van der Waals surface area contributed by atoms with Crippen LogP contribution in [0.15, 0.2) is 33.9 Å². The third-order valence-corrected chi connectivity index (χ3v) is 7.10. The number of rotatable bonds is 7. The highest BCUT2D eigenvalue weighted by Crippen LogP contribution is 2.31. The van der Waals surface area contributed by atoms with E-state index in [1.807, 2.05) is 4.90 Å². The minimum Gasteiger partial charge on any atom is -0.341 e. The first kappa shape index (κ1) is 25.5. The maximum Gasteiger partial charge on any atom is 0.332 e. The van der Waals surface area contributed by atoms with Crippen LogP contribution in [0.2, 0.25) is 0 Å². The van der Waals surface area contributed by atoms with Gasteiger partial charge in [-0.2, -0.15) is 4.98 Å². The van der Waals surface area contributed by atoms with Crippen molar-refractivity contribution in [3.8, 4) is 11.8 Å². The first-order valence-corrected chi connectivity index (χ1v) is 12.8. The fourth-order valence-electron chi connectivity index (χ4n) is 4.88. The number of hydrogen-bond donors (Lipinski definition) is 2. The zero-order valence-electron chi connectivity index (χ0n) is 21.6. The Bertz CT molecular complexity index is 1600. The predicted octanol–water partition coefficient (Wildman–Crippen LogP) is 1.08. The third kappa shape index (κ3) is 4.75. The average molecular weight is 518 g/mol. The van der Waals surface area contributed by atoms with Crippen LogP contribution in [0.4, 0.5) is 11.6 Å². The van der Waals surface area contributed by atoms with Crippen LogP contribution < -0.4 is 27.2 Å². The van der Waals surface area contributed by atoms with Crippen molar-refractivity contribution in [1.29, 1.82) is 0 Å². The first-order chi connectivity index (χ1) is 18.3. The smallest absolute Gasteiger partial charge is 0.332 e. The molecule has 3 N–H and O–H groups in total. The molecule has 0 bridgehead atoms. The number of benzene rings is 1. The summed E-state index contributed by atoms with van der Waals surface area (Å²) in [6.07, 6.45) is 3.45. The van der Waals surface area contributed by atoms with Crippen molar-refractivity contribution < 1.29 is 9.59 Å². The summed E-state index contributed by atoms with van der Waals surface area (Å²) in [5.41, 5.74) is 5.97. The molecule has 1 atom stereocenters. The lowest BCUT2D eigenvalue weighted by Gasteiger charge is -2.31. The predicted molar refractivity (Wildman–Crippen MR) is 144 cm³/mol. The molecule has 11 heteroatoms. The Balaban J connectivity index is 1.57. The summed E-state index contributed by atoms with van der Waals surface area (Å²) in [6.45, 7) is 2.73. The molecule has 3 heterocycles. The monoisotopic (exact) mass is 517 g/mol. The lowest BCUT2D eigenvalue weighted by molar-refractivity contribution is -0.117. The molecule has 11 nitrogen and oxygen atoms in total. The van der Waals surface area contributed by atoms with E-state index in [1.165, 1.54) is 11.6 Å². The molecule has 1 amide bonds. The molecule has 0 radical (unpaired) electrons. The molecule has 198 valence electrons. The molecule has 1 unspecified atom stereocenters. The summed E-state index contributed by atoms with van der Waals surface area (Å²) in [4.78, 5) is 59.4. The number of imidazole rings is 1. The van der Waals surface area contributed by atoms with Gasteiger partial charge >= 0.3 is 5.69 Å². The molecule has 3 aromatic rings. The topological polar surface area (TPSA) is 137 Å². The van der Waals surface area contributed by atoms with Crippen molar-refractivity contribution in [2.24, 2.45) is 18.7 Å². The minimum absolute atomic E-state index is 0.0205. The molecule has 2 aliphatic rings. The zero-order valence-corrected chi connectivity index (χ0v) is 21.6. The number of aryl methyl sites for hydroxylation is 1. The maximum atomic E-state index is 13.7. The quantitative estimate of drug-likeness (QED) is 0.353. The number of anilines is 2. The number of fused-ring (bicyclic) bond motifs is 1. The number of piperidine rings is 1. The summed E-state index contributed by atoms with van der Waals surface area (Å²) in [5.74, 6) is 5.74. The van der Waals surface area contributed by atoms with E-state index >= 15 is 0 Å². The number of para-hydroxylation sites is 1. The number of aromatic nitrogens is 4. The fraction of sp³-hybridized carbons (Fsp3) is 0.444. The van der Waals surface area contributed by atoms with E-state index in [1.54, 1.807) is 35.8 Å². The number of Topliss-reactive ketones (excluding diaryl/α,β-unsaturated/α-hetero) is 1. The van der Waals surface area contributed by atoms with Gasteiger partial charge in [0.05, 0.1) is 18.8 Å². The number of nitrogens with two attached hydrogens (primary N) is 1. The molecule has 1 saturated heterocycles. The van der Waals surface area contributed by atoms with Crippen LogP contribution in [0.1, 0.15) is 43.0 Å². The van der Waals surface area contributed by atoms with E-state index in [0.29, 0.717) is 18.2 Å². The van der Waals surface area contributed by atoms with Crippen molar-refractivity contribution in [2.75, 3.05) is 23.3 Å². The van der Waals surface area contributed by atoms with E-state index in [2.05, 4.69) is 22.1 Å². The number of carbonyl (C=O) groups excluding carboxylic acids is 2. The molecule has 38 heavy (non-hydrogen) atoms. The Morgan fingerprint density at radius 1 is 1.16 bits per heavy atom. The zero-order chi connectivity index (χ0) is 27.0. The van der Waals surface area contributed by atoms with Crippen LogP contribution in [0.5, 0.6) is 0 Å². The number of hydrogen-bond acceptors (Lipinski definition) is 7. The molecule has 2 aromatic heterocycles. The van der Waals surface area contributed by atoms with Gasteiger partial charge in [-0.15, -0.1) is 5.92 Å². The molecule has 1 aromatic carbocycles. The van der Waals surface area contributed by atoms with Gasteiger partial charge in [0.1, 0.15) is 0 Å². The number of nitrogens with zero attached hydrogens (tertiary/aromatic N) is 5. The highest BCUT2D eigenvalue weighted by molar-refractivity contribution is 6.05. The van der Waals surface area contributed by atoms with Crippen molar-refractivity contribution in [1.82, 2.24) is 18.7 Å². The molecule has 1 saturated carbocycles.